The third-order valence-electron chi connectivity index (χ3n) is 3.63. The van der Waals surface area contributed by atoms with E-state index in [1.54, 1.807) is 0 Å². The van der Waals surface area contributed by atoms with Gasteiger partial charge in [-0.05, 0) is 44.4 Å². The third kappa shape index (κ3) is 3.24. The van der Waals surface area contributed by atoms with Crippen molar-refractivity contribution in [1.82, 2.24) is 0 Å². The number of likely N-dealkylation sites (N-methyl/N-ethyl adjacent to an activating group) is 1. The summed E-state index contributed by atoms with van der Waals surface area (Å²) in [4.78, 5) is 2.39. The first kappa shape index (κ1) is 13.4. The SMILES string of the molecule is CCN(CC1CCC(CN)O1)c1cccc(C)c1. The van der Waals surface area contributed by atoms with Gasteiger partial charge >= 0.3 is 0 Å². The Hall–Kier alpha value is -1.06. The maximum atomic E-state index is 5.93. The fraction of sp³-hybridized carbons (Fsp3) is 0.600. The van der Waals surface area contributed by atoms with Gasteiger partial charge < -0.3 is 15.4 Å². The zero-order chi connectivity index (χ0) is 13.0. The van der Waals surface area contributed by atoms with Crippen molar-refractivity contribution >= 4 is 5.69 Å². The summed E-state index contributed by atoms with van der Waals surface area (Å²) in [6, 6.07) is 8.66. The average molecular weight is 248 g/mol. The van der Waals surface area contributed by atoms with Crippen LogP contribution in [0.4, 0.5) is 5.69 Å². The van der Waals surface area contributed by atoms with E-state index in [0.29, 0.717) is 12.6 Å². The molecule has 0 saturated carbocycles. The van der Waals surface area contributed by atoms with E-state index in [4.69, 9.17) is 10.5 Å². The topological polar surface area (TPSA) is 38.5 Å². The molecule has 1 aromatic rings. The van der Waals surface area contributed by atoms with Crippen molar-refractivity contribution in [2.75, 3.05) is 24.5 Å². The van der Waals surface area contributed by atoms with Crippen LogP contribution in [-0.4, -0.2) is 31.8 Å². The summed E-state index contributed by atoms with van der Waals surface area (Å²) in [6.45, 7) is 6.95. The minimum atomic E-state index is 0.270. The molecule has 2 N–H and O–H groups in total. The molecule has 100 valence electrons. The molecule has 2 unspecified atom stereocenters. The van der Waals surface area contributed by atoms with Crippen LogP contribution in [0.2, 0.25) is 0 Å². The Morgan fingerprint density at radius 3 is 2.72 bits per heavy atom. The smallest absolute Gasteiger partial charge is 0.0755 e. The number of rotatable bonds is 5. The van der Waals surface area contributed by atoms with Crippen molar-refractivity contribution in [3.63, 3.8) is 0 Å². The number of benzene rings is 1. The van der Waals surface area contributed by atoms with Crippen LogP contribution >= 0.6 is 0 Å². The van der Waals surface area contributed by atoms with E-state index in [1.165, 1.54) is 11.3 Å². The number of nitrogens with two attached hydrogens (primary N) is 1. The number of nitrogens with zero attached hydrogens (tertiary/aromatic N) is 1. The van der Waals surface area contributed by atoms with Crippen molar-refractivity contribution in [1.29, 1.82) is 0 Å². The Balaban J connectivity index is 1.97. The van der Waals surface area contributed by atoms with Crippen molar-refractivity contribution in [3.05, 3.63) is 29.8 Å². The first-order valence-corrected chi connectivity index (χ1v) is 6.90. The second-order valence-corrected chi connectivity index (χ2v) is 5.07. The molecule has 0 amide bonds. The van der Waals surface area contributed by atoms with Gasteiger partial charge in [-0.1, -0.05) is 12.1 Å². The average Bonchev–Trinajstić information content (AvgIpc) is 2.83. The lowest BCUT2D eigenvalue weighted by molar-refractivity contribution is 0.0544. The van der Waals surface area contributed by atoms with E-state index in [0.717, 1.165) is 25.9 Å². The summed E-state index contributed by atoms with van der Waals surface area (Å²) in [7, 11) is 0. The Morgan fingerprint density at radius 2 is 2.11 bits per heavy atom. The van der Waals surface area contributed by atoms with Gasteiger partial charge in [0.25, 0.3) is 0 Å². The Labute approximate surface area is 110 Å². The van der Waals surface area contributed by atoms with Crippen LogP contribution in [-0.2, 0) is 4.74 Å². The van der Waals surface area contributed by atoms with E-state index in [-0.39, 0.29) is 6.10 Å². The molecule has 1 aliphatic rings. The third-order valence-corrected chi connectivity index (χ3v) is 3.63. The zero-order valence-corrected chi connectivity index (χ0v) is 11.4. The normalized spacial score (nSPS) is 23.3. The lowest BCUT2D eigenvalue weighted by Crippen LogP contribution is -2.33. The highest BCUT2D eigenvalue weighted by molar-refractivity contribution is 5.48. The van der Waals surface area contributed by atoms with Gasteiger partial charge in [-0.2, -0.15) is 0 Å². The van der Waals surface area contributed by atoms with Crippen molar-refractivity contribution in [2.24, 2.45) is 5.73 Å². The van der Waals surface area contributed by atoms with Gasteiger partial charge in [-0.3, -0.25) is 0 Å². The molecule has 1 aliphatic heterocycles. The Bertz CT molecular complexity index is 381. The monoisotopic (exact) mass is 248 g/mol. The van der Waals surface area contributed by atoms with Crippen LogP contribution in [0.25, 0.3) is 0 Å². The predicted molar refractivity (Wildman–Crippen MR) is 76.0 cm³/mol. The largest absolute Gasteiger partial charge is 0.372 e. The Kier molecular flexibility index (Phi) is 4.61. The molecule has 3 heteroatoms. The Morgan fingerprint density at radius 1 is 1.33 bits per heavy atom. The van der Waals surface area contributed by atoms with Gasteiger partial charge in [-0.25, -0.2) is 0 Å². The van der Waals surface area contributed by atoms with E-state index in [2.05, 4.69) is 43.0 Å². The highest BCUT2D eigenvalue weighted by Crippen LogP contribution is 2.23. The molecule has 0 spiro atoms. The van der Waals surface area contributed by atoms with Gasteiger partial charge in [0, 0.05) is 25.3 Å². The van der Waals surface area contributed by atoms with Crippen LogP contribution in [0.3, 0.4) is 0 Å². The molecular formula is C15H24N2O. The van der Waals surface area contributed by atoms with Gasteiger partial charge in [0.1, 0.15) is 0 Å². The number of hydrogen-bond donors (Lipinski definition) is 1. The van der Waals surface area contributed by atoms with Crippen LogP contribution in [0, 0.1) is 6.92 Å². The predicted octanol–water partition coefficient (Wildman–Crippen LogP) is 2.33. The molecule has 3 nitrogen and oxygen atoms in total. The molecule has 1 fully saturated rings. The molecule has 2 atom stereocenters. The van der Waals surface area contributed by atoms with Crippen molar-refractivity contribution in [2.45, 2.75) is 38.9 Å². The first-order valence-electron chi connectivity index (χ1n) is 6.90. The van der Waals surface area contributed by atoms with Crippen LogP contribution in [0.5, 0.6) is 0 Å². The number of anilines is 1. The molecule has 1 saturated heterocycles. The zero-order valence-electron chi connectivity index (χ0n) is 11.4. The highest BCUT2D eigenvalue weighted by Gasteiger charge is 2.25. The fourth-order valence-electron chi connectivity index (χ4n) is 2.58. The van der Waals surface area contributed by atoms with E-state index >= 15 is 0 Å². The summed E-state index contributed by atoms with van der Waals surface area (Å²) in [5, 5.41) is 0. The van der Waals surface area contributed by atoms with Gasteiger partial charge in [0.15, 0.2) is 0 Å². The van der Waals surface area contributed by atoms with E-state index in [1.807, 2.05) is 0 Å². The molecule has 2 rings (SSSR count). The van der Waals surface area contributed by atoms with E-state index < -0.39 is 0 Å². The number of hydrogen-bond acceptors (Lipinski definition) is 3. The lowest BCUT2D eigenvalue weighted by Gasteiger charge is -2.26. The summed E-state index contributed by atoms with van der Waals surface area (Å²) in [6.07, 6.45) is 2.83. The maximum absolute atomic E-state index is 5.93. The van der Waals surface area contributed by atoms with Gasteiger partial charge in [-0.15, -0.1) is 0 Å². The fourth-order valence-corrected chi connectivity index (χ4v) is 2.58. The van der Waals surface area contributed by atoms with Gasteiger partial charge in [0.2, 0.25) is 0 Å². The number of ether oxygens (including phenoxy) is 1. The summed E-state index contributed by atoms with van der Waals surface area (Å²) < 4.78 is 5.93. The second kappa shape index (κ2) is 6.21. The van der Waals surface area contributed by atoms with Crippen LogP contribution < -0.4 is 10.6 Å². The second-order valence-electron chi connectivity index (χ2n) is 5.07. The molecule has 0 aromatic heterocycles. The number of aryl methyl sites for hydroxylation is 1. The van der Waals surface area contributed by atoms with Gasteiger partial charge in [0.05, 0.1) is 12.2 Å². The van der Waals surface area contributed by atoms with Crippen LogP contribution in [0.1, 0.15) is 25.3 Å². The first-order chi connectivity index (χ1) is 8.72. The molecule has 0 radical (unpaired) electrons. The van der Waals surface area contributed by atoms with E-state index in [9.17, 15) is 0 Å². The summed E-state index contributed by atoms with van der Waals surface area (Å²) >= 11 is 0. The minimum absolute atomic E-state index is 0.270. The molecule has 0 aliphatic carbocycles. The van der Waals surface area contributed by atoms with Crippen LogP contribution in [0.15, 0.2) is 24.3 Å². The molecule has 0 bridgehead atoms. The molecule has 1 aromatic carbocycles. The maximum Gasteiger partial charge on any atom is 0.0755 e. The standard InChI is InChI=1S/C15H24N2O/c1-3-17(13-6-4-5-12(2)9-13)11-15-8-7-14(10-16)18-15/h4-6,9,14-15H,3,7-8,10-11,16H2,1-2H3. The molecular weight excluding hydrogens is 224 g/mol. The quantitative estimate of drug-likeness (QED) is 0.869. The van der Waals surface area contributed by atoms with Crippen molar-refractivity contribution < 1.29 is 4.74 Å². The minimum Gasteiger partial charge on any atom is -0.372 e. The van der Waals surface area contributed by atoms with Crippen molar-refractivity contribution in [3.8, 4) is 0 Å². The molecule has 18 heavy (non-hydrogen) atoms. The highest BCUT2D eigenvalue weighted by atomic mass is 16.5. The molecule has 1 heterocycles. The summed E-state index contributed by atoms with van der Waals surface area (Å²) in [5.41, 5.74) is 8.24. The lowest BCUT2D eigenvalue weighted by atomic mass is 10.1. The summed E-state index contributed by atoms with van der Waals surface area (Å²) in [5.74, 6) is 0.